The van der Waals surface area contributed by atoms with Gasteiger partial charge in [0.2, 0.25) is 0 Å². The fourth-order valence-corrected chi connectivity index (χ4v) is 5.25. The Balaban J connectivity index is 1.86. The van der Waals surface area contributed by atoms with Gasteiger partial charge in [-0.25, -0.2) is 9.79 Å². The van der Waals surface area contributed by atoms with Crippen LogP contribution in [0.15, 0.2) is 63.5 Å². The van der Waals surface area contributed by atoms with E-state index in [2.05, 4.69) is 9.73 Å². The Morgan fingerprint density at radius 2 is 1.87 bits per heavy atom. The normalized spacial score (nSPS) is 15.3. The van der Waals surface area contributed by atoms with Gasteiger partial charge in [0.1, 0.15) is 5.75 Å². The molecule has 0 spiro atoms. The third kappa shape index (κ3) is 6.03. The van der Waals surface area contributed by atoms with Crippen molar-refractivity contribution in [2.45, 2.75) is 46.5 Å². The van der Waals surface area contributed by atoms with Crippen LogP contribution in [0.25, 0.3) is 6.08 Å². The van der Waals surface area contributed by atoms with Gasteiger partial charge in [0.05, 0.1) is 41.7 Å². The number of halogens is 2. The van der Waals surface area contributed by atoms with Crippen molar-refractivity contribution in [3.05, 3.63) is 84.5 Å². The number of esters is 1. The molecule has 0 saturated carbocycles. The minimum atomic E-state index is -3.00. The summed E-state index contributed by atoms with van der Waals surface area (Å²) >= 11 is 1.15. The zero-order valence-corrected chi connectivity index (χ0v) is 22.9. The molecule has 0 saturated heterocycles. The lowest BCUT2D eigenvalue weighted by Gasteiger charge is -2.25. The van der Waals surface area contributed by atoms with Gasteiger partial charge in [-0.3, -0.25) is 9.36 Å². The molecule has 0 unspecified atom stereocenters. The highest BCUT2D eigenvalue weighted by Crippen LogP contribution is 2.32. The number of hydrogen-bond donors (Lipinski definition) is 0. The van der Waals surface area contributed by atoms with Crippen molar-refractivity contribution in [2.24, 2.45) is 4.99 Å². The highest BCUT2D eigenvalue weighted by Gasteiger charge is 2.33. The molecular formula is C28H28F2N2O6S. The van der Waals surface area contributed by atoms with Crippen LogP contribution in [-0.2, 0) is 9.53 Å². The second-order valence-electron chi connectivity index (χ2n) is 8.83. The first kappa shape index (κ1) is 28.0. The lowest BCUT2D eigenvalue weighted by atomic mass is 9.96. The highest BCUT2D eigenvalue weighted by atomic mass is 32.1. The molecule has 0 fully saturated rings. The minimum absolute atomic E-state index is 0.0960. The Kier molecular flexibility index (Phi) is 8.49. The van der Waals surface area contributed by atoms with Crippen LogP contribution in [0.5, 0.6) is 17.2 Å². The number of carbonyl (C=O) groups is 1. The summed E-state index contributed by atoms with van der Waals surface area (Å²) in [4.78, 5) is 31.9. The van der Waals surface area contributed by atoms with Crippen molar-refractivity contribution in [3.63, 3.8) is 0 Å². The van der Waals surface area contributed by atoms with Crippen LogP contribution in [0, 0.1) is 0 Å². The quantitative estimate of drug-likeness (QED) is 0.366. The fourth-order valence-electron chi connectivity index (χ4n) is 4.21. The number of benzene rings is 2. The lowest BCUT2D eigenvalue weighted by Crippen LogP contribution is -2.40. The highest BCUT2D eigenvalue weighted by molar-refractivity contribution is 7.07. The van der Waals surface area contributed by atoms with Crippen molar-refractivity contribution in [3.8, 4) is 17.2 Å². The third-order valence-electron chi connectivity index (χ3n) is 5.79. The largest absolute Gasteiger partial charge is 0.494 e. The second-order valence-corrected chi connectivity index (χ2v) is 9.84. The van der Waals surface area contributed by atoms with Gasteiger partial charge >= 0.3 is 12.6 Å². The fraction of sp³-hybridized carbons (Fsp3) is 0.321. The summed E-state index contributed by atoms with van der Waals surface area (Å²) in [5, 5.41) is 0. The first-order valence-corrected chi connectivity index (χ1v) is 13.0. The molecule has 2 aromatic carbocycles. The van der Waals surface area contributed by atoms with Gasteiger partial charge in [0.15, 0.2) is 16.3 Å². The van der Waals surface area contributed by atoms with E-state index in [1.807, 2.05) is 6.92 Å². The second kappa shape index (κ2) is 11.8. The van der Waals surface area contributed by atoms with Gasteiger partial charge in [-0.2, -0.15) is 8.78 Å². The first-order chi connectivity index (χ1) is 18.6. The lowest BCUT2D eigenvalue weighted by molar-refractivity contribution is -0.143. The minimum Gasteiger partial charge on any atom is -0.494 e. The summed E-state index contributed by atoms with van der Waals surface area (Å²) < 4.78 is 48.0. The summed E-state index contributed by atoms with van der Waals surface area (Å²) in [6, 6.07) is 10.8. The number of methoxy groups -OCH3 is 1. The molecule has 1 aromatic heterocycles. The van der Waals surface area contributed by atoms with Crippen molar-refractivity contribution in [2.75, 3.05) is 13.7 Å². The van der Waals surface area contributed by atoms with Crippen molar-refractivity contribution >= 4 is 23.4 Å². The molecule has 2 heterocycles. The molecular weight excluding hydrogens is 530 g/mol. The monoisotopic (exact) mass is 558 g/mol. The van der Waals surface area contributed by atoms with Crippen LogP contribution in [0.1, 0.15) is 44.9 Å². The molecule has 3 aromatic rings. The van der Waals surface area contributed by atoms with E-state index in [0.29, 0.717) is 38.5 Å². The number of fused-ring (bicyclic) bond motifs is 1. The summed E-state index contributed by atoms with van der Waals surface area (Å²) in [6.45, 7) is 4.59. The van der Waals surface area contributed by atoms with E-state index >= 15 is 0 Å². The van der Waals surface area contributed by atoms with Crippen LogP contribution >= 0.6 is 11.3 Å². The summed E-state index contributed by atoms with van der Waals surface area (Å²) in [5.41, 5.74) is 1.56. The van der Waals surface area contributed by atoms with E-state index in [0.717, 1.165) is 11.3 Å². The molecule has 0 radical (unpaired) electrons. The van der Waals surface area contributed by atoms with Crippen LogP contribution in [0.2, 0.25) is 0 Å². The summed E-state index contributed by atoms with van der Waals surface area (Å²) in [7, 11) is 1.34. The van der Waals surface area contributed by atoms with E-state index in [1.54, 1.807) is 57.2 Å². The maximum absolute atomic E-state index is 13.8. The van der Waals surface area contributed by atoms with E-state index in [1.165, 1.54) is 23.8 Å². The molecule has 0 N–H and O–H groups in total. The topological polar surface area (TPSA) is 88.4 Å². The molecule has 1 aliphatic heterocycles. The average Bonchev–Trinajstić information content (AvgIpc) is 3.18. The Morgan fingerprint density at radius 3 is 2.49 bits per heavy atom. The van der Waals surface area contributed by atoms with Crippen LogP contribution in [0.3, 0.4) is 0 Å². The number of nitrogens with zero attached hydrogens (tertiary/aromatic N) is 2. The standard InChI is InChI=1S/C28H28F2N2O6S/c1-6-36-19-10-8-18(9-11-19)24-23(26(34)37-15(2)3)16(4)31-28-32(24)25(33)22(39-28)14-17-7-12-20(38-27(29)30)21(13-17)35-5/h7-15,24,27H,6H2,1-5H3/b22-14-/t24-/m1/s1. The van der Waals surface area contributed by atoms with Gasteiger partial charge < -0.3 is 18.9 Å². The van der Waals surface area contributed by atoms with Crippen molar-refractivity contribution in [1.29, 1.82) is 0 Å². The van der Waals surface area contributed by atoms with Gasteiger partial charge in [0, 0.05) is 0 Å². The molecule has 0 amide bonds. The molecule has 1 aliphatic rings. The molecule has 39 heavy (non-hydrogen) atoms. The predicted octanol–water partition coefficient (Wildman–Crippen LogP) is 4.20. The maximum atomic E-state index is 13.8. The van der Waals surface area contributed by atoms with Crippen LogP contribution in [-0.4, -0.2) is 37.0 Å². The van der Waals surface area contributed by atoms with Crippen LogP contribution in [0.4, 0.5) is 8.78 Å². The predicted molar refractivity (Wildman–Crippen MR) is 142 cm³/mol. The van der Waals surface area contributed by atoms with Crippen molar-refractivity contribution in [1.82, 2.24) is 4.57 Å². The SMILES string of the molecule is CCOc1ccc([C@@H]2C(C(=O)OC(C)C)=C(C)N=c3s/c(=C\c4ccc(OC(F)F)c(OC)c4)c(=O)n32)cc1. The van der Waals surface area contributed by atoms with E-state index in [-0.39, 0.29) is 28.7 Å². The maximum Gasteiger partial charge on any atom is 0.387 e. The van der Waals surface area contributed by atoms with E-state index in [4.69, 9.17) is 14.2 Å². The van der Waals surface area contributed by atoms with E-state index < -0.39 is 18.6 Å². The molecule has 4 rings (SSSR count). The number of rotatable bonds is 9. The number of aromatic nitrogens is 1. The zero-order chi connectivity index (χ0) is 28.3. The number of carbonyl (C=O) groups excluding carboxylic acids is 1. The van der Waals surface area contributed by atoms with Gasteiger partial charge in [-0.15, -0.1) is 0 Å². The number of thiazole rings is 1. The summed E-state index contributed by atoms with van der Waals surface area (Å²) in [5.74, 6) is 0.0804. The third-order valence-corrected chi connectivity index (χ3v) is 6.78. The Morgan fingerprint density at radius 1 is 1.15 bits per heavy atom. The van der Waals surface area contributed by atoms with Crippen LogP contribution < -0.4 is 29.1 Å². The first-order valence-electron chi connectivity index (χ1n) is 12.2. The van der Waals surface area contributed by atoms with Gasteiger partial charge in [-0.1, -0.05) is 29.5 Å². The van der Waals surface area contributed by atoms with Crippen molar-refractivity contribution < 1.29 is 32.5 Å². The molecule has 8 nitrogen and oxygen atoms in total. The number of alkyl halides is 2. The average molecular weight is 559 g/mol. The smallest absolute Gasteiger partial charge is 0.387 e. The molecule has 1 atom stereocenters. The molecule has 206 valence electrons. The molecule has 11 heteroatoms. The zero-order valence-electron chi connectivity index (χ0n) is 22.1. The Labute approximate surface area is 227 Å². The Bertz CT molecular complexity index is 1570. The summed E-state index contributed by atoms with van der Waals surface area (Å²) in [6.07, 6.45) is 1.24. The van der Waals surface area contributed by atoms with Gasteiger partial charge in [-0.05, 0) is 69.2 Å². The number of ether oxygens (including phenoxy) is 4. The number of hydrogen-bond acceptors (Lipinski definition) is 8. The number of allylic oxidation sites excluding steroid dienone is 1. The van der Waals surface area contributed by atoms with Gasteiger partial charge in [0.25, 0.3) is 5.56 Å². The van der Waals surface area contributed by atoms with E-state index in [9.17, 15) is 18.4 Å². The molecule has 0 aliphatic carbocycles. The Hall–Kier alpha value is -3.99. The molecule has 0 bridgehead atoms.